The highest BCUT2D eigenvalue weighted by Crippen LogP contribution is 2.17. The van der Waals surface area contributed by atoms with Crippen molar-refractivity contribution in [3.63, 3.8) is 0 Å². The third kappa shape index (κ3) is 5.75. The largest absolute Gasteiger partial charge is 0.455 e. The van der Waals surface area contributed by atoms with E-state index in [0.717, 1.165) is 0 Å². The van der Waals surface area contributed by atoms with E-state index >= 15 is 0 Å². The van der Waals surface area contributed by atoms with E-state index in [2.05, 4.69) is 10.6 Å². The van der Waals surface area contributed by atoms with Crippen molar-refractivity contribution in [2.24, 2.45) is 0 Å². The summed E-state index contributed by atoms with van der Waals surface area (Å²) >= 11 is 0. The molecule has 3 rings (SSSR count). The molecule has 0 aliphatic rings. The highest BCUT2D eigenvalue weighted by Gasteiger charge is 2.15. The summed E-state index contributed by atoms with van der Waals surface area (Å²) in [5.74, 6) is -2.26. The third-order valence-corrected chi connectivity index (χ3v) is 4.13. The van der Waals surface area contributed by atoms with Crippen LogP contribution in [0, 0.1) is 5.82 Å². The monoisotopic (exact) mass is 406 g/mol. The highest BCUT2D eigenvalue weighted by atomic mass is 19.1. The number of hydrogen-bond donors (Lipinski definition) is 2. The number of hydrogen-bond acceptors (Lipinski definition) is 4. The molecule has 30 heavy (non-hydrogen) atoms. The highest BCUT2D eigenvalue weighted by molar-refractivity contribution is 6.10. The predicted molar refractivity (Wildman–Crippen MR) is 111 cm³/mol. The van der Waals surface area contributed by atoms with Crippen molar-refractivity contribution in [1.29, 1.82) is 0 Å². The van der Waals surface area contributed by atoms with Crippen LogP contribution >= 0.6 is 0 Å². The van der Waals surface area contributed by atoms with Crippen LogP contribution in [0.3, 0.4) is 0 Å². The first-order valence-electron chi connectivity index (χ1n) is 9.17. The van der Waals surface area contributed by atoms with Crippen molar-refractivity contribution in [1.82, 2.24) is 0 Å². The molecular formula is C23H19FN2O4. The van der Waals surface area contributed by atoms with Crippen LogP contribution in [0.4, 0.5) is 15.8 Å². The minimum atomic E-state index is -0.731. The van der Waals surface area contributed by atoms with Gasteiger partial charge in [-0.1, -0.05) is 48.5 Å². The zero-order valence-corrected chi connectivity index (χ0v) is 15.9. The Morgan fingerprint density at radius 1 is 0.800 bits per heavy atom. The van der Waals surface area contributed by atoms with Gasteiger partial charge in [0.15, 0.2) is 6.61 Å². The van der Waals surface area contributed by atoms with E-state index in [4.69, 9.17) is 4.74 Å². The number of ether oxygens (including phenoxy) is 1. The molecule has 0 spiro atoms. The maximum atomic E-state index is 13.6. The first-order valence-corrected chi connectivity index (χ1v) is 9.17. The number of esters is 1. The van der Waals surface area contributed by atoms with Crippen LogP contribution in [0.2, 0.25) is 0 Å². The molecule has 0 aromatic heterocycles. The van der Waals surface area contributed by atoms with Gasteiger partial charge in [-0.2, -0.15) is 0 Å². The molecule has 0 atom stereocenters. The first kappa shape index (κ1) is 20.7. The van der Waals surface area contributed by atoms with Crippen molar-refractivity contribution in [2.75, 3.05) is 17.2 Å². The van der Waals surface area contributed by atoms with E-state index in [9.17, 15) is 18.8 Å². The van der Waals surface area contributed by atoms with Gasteiger partial charge in [-0.15, -0.1) is 0 Å². The van der Waals surface area contributed by atoms with Crippen molar-refractivity contribution < 1.29 is 23.5 Å². The molecule has 0 heterocycles. The van der Waals surface area contributed by atoms with E-state index in [1.807, 2.05) is 6.07 Å². The Bertz CT molecular complexity index is 1050. The van der Waals surface area contributed by atoms with Crippen LogP contribution in [0.1, 0.15) is 15.9 Å². The number of rotatable bonds is 7. The van der Waals surface area contributed by atoms with Gasteiger partial charge < -0.3 is 15.4 Å². The Morgan fingerprint density at radius 3 is 2.23 bits per heavy atom. The lowest BCUT2D eigenvalue weighted by Crippen LogP contribution is -2.23. The zero-order valence-electron chi connectivity index (χ0n) is 15.9. The summed E-state index contributed by atoms with van der Waals surface area (Å²) < 4.78 is 18.5. The molecule has 0 radical (unpaired) electrons. The van der Waals surface area contributed by atoms with Gasteiger partial charge in [0.1, 0.15) is 5.82 Å². The van der Waals surface area contributed by atoms with Crippen LogP contribution in [-0.2, 0) is 20.7 Å². The molecule has 2 amide bonds. The lowest BCUT2D eigenvalue weighted by atomic mass is 10.1. The van der Waals surface area contributed by atoms with Crippen LogP contribution in [0.15, 0.2) is 78.9 Å². The van der Waals surface area contributed by atoms with Crippen LogP contribution in [0.5, 0.6) is 0 Å². The summed E-state index contributed by atoms with van der Waals surface area (Å²) in [5, 5.41) is 5.30. The van der Waals surface area contributed by atoms with Crippen molar-refractivity contribution in [3.8, 4) is 0 Å². The smallest absolute Gasteiger partial charge is 0.310 e. The summed E-state index contributed by atoms with van der Waals surface area (Å²) in [4.78, 5) is 36.6. The molecule has 0 bridgehead atoms. The number of amides is 2. The standard InChI is InChI=1S/C23H19FN2O4/c24-19-12-6-4-8-16(19)14-22(28)30-15-21(27)26-20-13-7-5-11-18(20)23(29)25-17-9-2-1-3-10-17/h1-13H,14-15H2,(H,25,29)(H,26,27). The summed E-state index contributed by atoms with van der Waals surface area (Å²) in [7, 11) is 0. The first-order chi connectivity index (χ1) is 14.5. The maximum absolute atomic E-state index is 13.6. The maximum Gasteiger partial charge on any atom is 0.310 e. The number of para-hydroxylation sites is 2. The average Bonchev–Trinajstić information content (AvgIpc) is 2.75. The molecule has 2 N–H and O–H groups in total. The molecule has 3 aromatic rings. The van der Waals surface area contributed by atoms with E-state index in [1.54, 1.807) is 54.6 Å². The topological polar surface area (TPSA) is 84.5 Å². The number of benzene rings is 3. The molecule has 7 heteroatoms. The minimum absolute atomic E-state index is 0.186. The molecule has 6 nitrogen and oxygen atoms in total. The Kier molecular flexibility index (Phi) is 6.89. The van der Waals surface area contributed by atoms with Gasteiger partial charge in [0, 0.05) is 5.69 Å². The SMILES string of the molecule is O=C(COC(=O)Cc1ccccc1F)Nc1ccccc1C(=O)Nc1ccccc1. The predicted octanol–water partition coefficient (Wildman–Crippen LogP) is 3.80. The third-order valence-electron chi connectivity index (χ3n) is 4.13. The lowest BCUT2D eigenvalue weighted by molar-refractivity contribution is -0.146. The minimum Gasteiger partial charge on any atom is -0.455 e. The number of halogens is 1. The van der Waals surface area contributed by atoms with Gasteiger partial charge in [-0.05, 0) is 35.9 Å². The molecule has 152 valence electrons. The van der Waals surface area contributed by atoms with Gasteiger partial charge >= 0.3 is 5.97 Å². The quantitative estimate of drug-likeness (QED) is 0.585. The van der Waals surface area contributed by atoms with Gasteiger partial charge in [0.2, 0.25) is 0 Å². The summed E-state index contributed by atoms with van der Waals surface area (Å²) in [6.07, 6.45) is -0.282. The number of nitrogens with one attached hydrogen (secondary N) is 2. The lowest BCUT2D eigenvalue weighted by Gasteiger charge is -2.12. The molecule has 0 aliphatic heterocycles. The molecule has 0 unspecified atom stereocenters. The van der Waals surface area contributed by atoms with E-state index in [-0.39, 0.29) is 23.2 Å². The van der Waals surface area contributed by atoms with Gasteiger partial charge in [0.25, 0.3) is 11.8 Å². The van der Waals surface area contributed by atoms with Gasteiger partial charge in [0.05, 0.1) is 17.7 Å². The molecule has 0 saturated heterocycles. The molecule has 0 fully saturated rings. The summed E-state index contributed by atoms with van der Waals surface area (Å²) in [5.41, 5.74) is 1.34. The molecule has 0 aliphatic carbocycles. The summed E-state index contributed by atoms with van der Waals surface area (Å²) in [6.45, 7) is -0.554. The van der Waals surface area contributed by atoms with E-state index in [1.165, 1.54) is 18.2 Å². The van der Waals surface area contributed by atoms with Crippen LogP contribution in [0.25, 0.3) is 0 Å². The van der Waals surface area contributed by atoms with Crippen LogP contribution < -0.4 is 10.6 Å². The fraction of sp³-hybridized carbons (Fsp3) is 0.0870. The van der Waals surface area contributed by atoms with Crippen molar-refractivity contribution in [2.45, 2.75) is 6.42 Å². The van der Waals surface area contributed by atoms with Crippen molar-refractivity contribution >= 4 is 29.2 Å². The van der Waals surface area contributed by atoms with Crippen molar-refractivity contribution in [3.05, 3.63) is 95.8 Å². The average molecular weight is 406 g/mol. The van der Waals surface area contributed by atoms with E-state index < -0.39 is 30.2 Å². The molecule has 3 aromatic carbocycles. The Balaban J connectivity index is 1.57. The number of carbonyl (C=O) groups is 3. The number of carbonyl (C=O) groups excluding carboxylic acids is 3. The Hall–Kier alpha value is -4.00. The second-order valence-corrected chi connectivity index (χ2v) is 6.34. The zero-order chi connectivity index (χ0) is 21.3. The second-order valence-electron chi connectivity index (χ2n) is 6.34. The van der Waals surface area contributed by atoms with E-state index in [0.29, 0.717) is 5.69 Å². The second kappa shape index (κ2) is 9.97. The fourth-order valence-corrected chi connectivity index (χ4v) is 2.69. The summed E-state index contributed by atoms with van der Waals surface area (Å²) in [6, 6.07) is 21.2. The number of anilines is 2. The Labute approximate surface area is 172 Å². The molecular weight excluding hydrogens is 387 g/mol. The normalized spacial score (nSPS) is 10.2. The fourth-order valence-electron chi connectivity index (χ4n) is 2.69. The Morgan fingerprint density at radius 2 is 1.47 bits per heavy atom. The van der Waals surface area contributed by atoms with Gasteiger partial charge in [-0.3, -0.25) is 14.4 Å². The van der Waals surface area contributed by atoms with Gasteiger partial charge in [-0.25, -0.2) is 4.39 Å². The molecule has 0 saturated carbocycles. The van der Waals surface area contributed by atoms with Crippen LogP contribution in [-0.4, -0.2) is 24.4 Å².